The molecule has 0 aliphatic carbocycles. The van der Waals surface area contributed by atoms with Gasteiger partial charge in [-0.1, -0.05) is 48.5 Å². The second kappa shape index (κ2) is 5.53. The number of carbonyl (C=O) groups excluding carboxylic acids is 1. The van der Waals surface area contributed by atoms with Gasteiger partial charge < -0.3 is 9.15 Å². The average molecular weight is 316 g/mol. The molecule has 3 heteroatoms. The molecule has 0 unspecified atom stereocenters. The van der Waals surface area contributed by atoms with Gasteiger partial charge in [0.25, 0.3) is 0 Å². The lowest BCUT2D eigenvalue weighted by molar-refractivity contribution is 0.101. The Balaban J connectivity index is 2.25. The molecule has 0 saturated heterocycles. The average Bonchev–Trinajstić information content (AvgIpc) is 2.99. The third-order valence-electron chi connectivity index (χ3n) is 4.27. The van der Waals surface area contributed by atoms with Gasteiger partial charge in [-0.25, -0.2) is 0 Å². The van der Waals surface area contributed by atoms with E-state index in [9.17, 15) is 4.79 Å². The monoisotopic (exact) mass is 316 g/mol. The molecular weight excluding hydrogens is 300 g/mol. The maximum absolute atomic E-state index is 12.1. The Labute approximate surface area is 139 Å². The van der Waals surface area contributed by atoms with Crippen molar-refractivity contribution in [3.05, 3.63) is 66.2 Å². The molecular formula is C21H16O3. The highest BCUT2D eigenvalue weighted by Crippen LogP contribution is 2.44. The van der Waals surface area contributed by atoms with Gasteiger partial charge in [-0.05, 0) is 24.6 Å². The Hall–Kier alpha value is -3.07. The van der Waals surface area contributed by atoms with Crippen molar-refractivity contribution in [2.45, 2.75) is 6.92 Å². The summed E-state index contributed by atoms with van der Waals surface area (Å²) < 4.78 is 11.7. The fourth-order valence-electron chi connectivity index (χ4n) is 3.22. The number of para-hydroxylation sites is 1. The van der Waals surface area contributed by atoms with Crippen molar-refractivity contribution >= 4 is 27.7 Å². The van der Waals surface area contributed by atoms with Crippen LogP contribution >= 0.6 is 0 Å². The van der Waals surface area contributed by atoms with Crippen molar-refractivity contribution in [1.82, 2.24) is 0 Å². The second-order valence-corrected chi connectivity index (χ2v) is 5.73. The van der Waals surface area contributed by atoms with Gasteiger partial charge in [0.1, 0.15) is 16.9 Å². The third-order valence-corrected chi connectivity index (χ3v) is 4.27. The number of ketones is 1. The molecule has 3 nitrogen and oxygen atoms in total. The fourth-order valence-corrected chi connectivity index (χ4v) is 3.22. The Morgan fingerprint density at radius 3 is 2.38 bits per heavy atom. The van der Waals surface area contributed by atoms with E-state index in [2.05, 4.69) is 0 Å². The fraction of sp³-hybridized carbons (Fsp3) is 0.0952. The molecule has 0 N–H and O–H groups in total. The number of ether oxygens (including phenoxy) is 1. The van der Waals surface area contributed by atoms with Crippen LogP contribution in [0.5, 0.6) is 5.75 Å². The first-order valence-electron chi connectivity index (χ1n) is 7.79. The summed E-state index contributed by atoms with van der Waals surface area (Å²) in [4.78, 5) is 12.1. The first-order chi connectivity index (χ1) is 11.7. The minimum absolute atomic E-state index is 0.0496. The minimum Gasteiger partial charge on any atom is -0.495 e. The molecule has 1 aromatic heterocycles. The number of Topliss-reactive ketones (excluding diaryl/α,β-unsaturated/α-hetero) is 1. The van der Waals surface area contributed by atoms with Crippen LogP contribution in [0.2, 0.25) is 0 Å². The highest BCUT2D eigenvalue weighted by Gasteiger charge is 2.22. The molecule has 118 valence electrons. The predicted octanol–water partition coefficient (Wildman–Crippen LogP) is 5.46. The van der Waals surface area contributed by atoms with Gasteiger partial charge in [-0.15, -0.1) is 0 Å². The van der Waals surface area contributed by atoms with Crippen molar-refractivity contribution in [3.8, 4) is 16.9 Å². The second-order valence-electron chi connectivity index (χ2n) is 5.73. The number of hydrogen-bond acceptors (Lipinski definition) is 3. The van der Waals surface area contributed by atoms with Gasteiger partial charge in [0.15, 0.2) is 5.78 Å². The van der Waals surface area contributed by atoms with E-state index in [0.29, 0.717) is 16.9 Å². The third kappa shape index (κ3) is 2.09. The van der Waals surface area contributed by atoms with Crippen LogP contribution in [0.15, 0.2) is 65.1 Å². The van der Waals surface area contributed by atoms with Gasteiger partial charge in [0.05, 0.1) is 12.7 Å². The molecule has 24 heavy (non-hydrogen) atoms. The summed E-state index contributed by atoms with van der Waals surface area (Å²) in [7, 11) is 1.60. The van der Waals surface area contributed by atoms with Gasteiger partial charge in [-0.2, -0.15) is 0 Å². The Bertz CT molecular complexity index is 1060. The van der Waals surface area contributed by atoms with Crippen LogP contribution in [0, 0.1) is 0 Å². The molecule has 0 bridgehead atoms. The summed E-state index contributed by atoms with van der Waals surface area (Å²) in [5.74, 6) is 0.541. The van der Waals surface area contributed by atoms with E-state index in [1.54, 1.807) is 20.1 Å². The molecule has 1 heterocycles. The normalized spacial score (nSPS) is 11.1. The SMILES string of the molecule is COc1c(C(C)=O)cc2oc3ccccc3c2c1-c1ccccc1. The quantitative estimate of drug-likeness (QED) is 0.471. The van der Waals surface area contributed by atoms with E-state index >= 15 is 0 Å². The van der Waals surface area contributed by atoms with Crippen molar-refractivity contribution in [1.29, 1.82) is 0 Å². The van der Waals surface area contributed by atoms with Crippen LogP contribution < -0.4 is 4.74 Å². The minimum atomic E-state index is -0.0496. The lowest BCUT2D eigenvalue weighted by atomic mass is 9.94. The van der Waals surface area contributed by atoms with E-state index in [-0.39, 0.29) is 5.78 Å². The van der Waals surface area contributed by atoms with Crippen molar-refractivity contribution in [2.75, 3.05) is 7.11 Å². The van der Waals surface area contributed by atoms with Gasteiger partial charge in [0.2, 0.25) is 0 Å². The largest absolute Gasteiger partial charge is 0.495 e. The molecule has 0 aliphatic rings. The summed E-state index contributed by atoms with van der Waals surface area (Å²) in [6, 6.07) is 19.6. The first-order valence-corrected chi connectivity index (χ1v) is 7.79. The molecule has 4 aromatic rings. The zero-order chi connectivity index (χ0) is 16.7. The molecule has 0 spiro atoms. The Morgan fingerprint density at radius 1 is 0.958 bits per heavy atom. The zero-order valence-corrected chi connectivity index (χ0v) is 13.5. The predicted molar refractivity (Wildman–Crippen MR) is 95.7 cm³/mol. The molecule has 0 saturated carbocycles. The standard InChI is InChI=1S/C21H16O3/c1-13(22)16-12-18-20(15-10-6-7-11-17(15)24-18)19(21(16)23-2)14-8-4-3-5-9-14/h3-12H,1-2H3. The summed E-state index contributed by atoms with van der Waals surface area (Å²) in [6.07, 6.45) is 0. The number of furan rings is 1. The maximum atomic E-state index is 12.1. The number of hydrogen-bond donors (Lipinski definition) is 0. The zero-order valence-electron chi connectivity index (χ0n) is 13.5. The van der Waals surface area contributed by atoms with Crippen LogP contribution in [0.3, 0.4) is 0 Å². The lowest BCUT2D eigenvalue weighted by Crippen LogP contribution is -2.00. The number of fused-ring (bicyclic) bond motifs is 3. The topological polar surface area (TPSA) is 39.4 Å². The number of carbonyl (C=O) groups is 1. The van der Waals surface area contributed by atoms with E-state index in [1.165, 1.54) is 0 Å². The van der Waals surface area contributed by atoms with Crippen molar-refractivity contribution < 1.29 is 13.9 Å². The van der Waals surface area contributed by atoms with Gasteiger partial charge in [-0.3, -0.25) is 4.79 Å². The molecule has 0 atom stereocenters. The number of benzene rings is 3. The summed E-state index contributed by atoms with van der Waals surface area (Å²) in [5, 5.41) is 1.98. The van der Waals surface area contributed by atoms with Crippen LogP contribution in [0.1, 0.15) is 17.3 Å². The van der Waals surface area contributed by atoms with Gasteiger partial charge in [0, 0.05) is 16.3 Å². The van der Waals surface area contributed by atoms with Crippen molar-refractivity contribution in [3.63, 3.8) is 0 Å². The molecule has 0 radical (unpaired) electrons. The molecule has 4 rings (SSSR count). The highest BCUT2D eigenvalue weighted by atomic mass is 16.5. The molecule has 0 amide bonds. The van der Waals surface area contributed by atoms with E-state index in [0.717, 1.165) is 27.5 Å². The lowest BCUT2D eigenvalue weighted by Gasteiger charge is -2.14. The maximum Gasteiger partial charge on any atom is 0.163 e. The molecule has 3 aromatic carbocycles. The van der Waals surface area contributed by atoms with Crippen LogP contribution in [0.25, 0.3) is 33.1 Å². The number of rotatable bonds is 3. The molecule has 0 fully saturated rings. The summed E-state index contributed by atoms with van der Waals surface area (Å²) >= 11 is 0. The van der Waals surface area contributed by atoms with Gasteiger partial charge >= 0.3 is 0 Å². The summed E-state index contributed by atoms with van der Waals surface area (Å²) in [6.45, 7) is 1.54. The first kappa shape index (κ1) is 14.5. The molecule has 0 aliphatic heterocycles. The Kier molecular flexibility index (Phi) is 3.35. The Morgan fingerprint density at radius 2 is 1.67 bits per heavy atom. The highest BCUT2D eigenvalue weighted by molar-refractivity contribution is 6.17. The van der Waals surface area contributed by atoms with E-state index in [4.69, 9.17) is 9.15 Å². The summed E-state index contributed by atoms with van der Waals surface area (Å²) in [5.41, 5.74) is 3.91. The number of methoxy groups -OCH3 is 1. The smallest absolute Gasteiger partial charge is 0.163 e. The van der Waals surface area contributed by atoms with Crippen LogP contribution in [-0.4, -0.2) is 12.9 Å². The van der Waals surface area contributed by atoms with Crippen molar-refractivity contribution in [2.24, 2.45) is 0 Å². The van der Waals surface area contributed by atoms with Crippen LogP contribution in [-0.2, 0) is 0 Å². The van der Waals surface area contributed by atoms with Crippen LogP contribution in [0.4, 0.5) is 0 Å². The van der Waals surface area contributed by atoms with E-state index < -0.39 is 0 Å². The van der Waals surface area contributed by atoms with E-state index in [1.807, 2.05) is 54.6 Å².